The molecular formula is C16H20N6S. The summed E-state index contributed by atoms with van der Waals surface area (Å²) in [5, 5.41) is 3.36. The van der Waals surface area contributed by atoms with Crippen LogP contribution in [0.3, 0.4) is 0 Å². The molecule has 0 spiro atoms. The van der Waals surface area contributed by atoms with E-state index in [1.165, 1.54) is 10.9 Å². The molecule has 3 aromatic heterocycles. The zero-order valence-corrected chi connectivity index (χ0v) is 14.2. The fourth-order valence-corrected chi connectivity index (χ4v) is 4.23. The third-order valence-electron chi connectivity index (χ3n) is 4.57. The largest absolute Gasteiger partial charge is 0.353 e. The molecule has 0 radical (unpaired) electrons. The fourth-order valence-electron chi connectivity index (χ4n) is 3.35. The van der Waals surface area contributed by atoms with Crippen molar-refractivity contribution in [3.8, 4) is 0 Å². The number of aromatic nitrogens is 4. The smallest absolute Gasteiger partial charge is 0.141 e. The molecule has 4 heterocycles. The maximum atomic E-state index is 4.60. The molecule has 1 saturated heterocycles. The number of thiophene rings is 1. The summed E-state index contributed by atoms with van der Waals surface area (Å²) in [6.07, 6.45) is 5.41. The Hall–Kier alpha value is -1.99. The van der Waals surface area contributed by atoms with Crippen LogP contribution in [0.2, 0.25) is 0 Å². The van der Waals surface area contributed by atoms with Crippen molar-refractivity contribution in [2.45, 2.75) is 19.9 Å². The predicted molar refractivity (Wildman–Crippen MR) is 92.9 cm³/mol. The zero-order valence-electron chi connectivity index (χ0n) is 13.4. The van der Waals surface area contributed by atoms with E-state index in [0.29, 0.717) is 0 Å². The summed E-state index contributed by atoms with van der Waals surface area (Å²) < 4.78 is 0. The van der Waals surface area contributed by atoms with E-state index in [-0.39, 0.29) is 6.04 Å². The van der Waals surface area contributed by atoms with Crippen LogP contribution < -0.4 is 4.90 Å². The van der Waals surface area contributed by atoms with Crippen LogP contribution in [0, 0.1) is 6.92 Å². The highest BCUT2D eigenvalue weighted by Gasteiger charge is 2.30. The Balaban J connectivity index is 1.71. The molecule has 0 bridgehead atoms. The first-order valence-corrected chi connectivity index (χ1v) is 8.83. The molecule has 1 aliphatic heterocycles. The Morgan fingerprint density at radius 3 is 3.00 bits per heavy atom. The van der Waals surface area contributed by atoms with Crippen molar-refractivity contribution in [3.05, 3.63) is 35.5 Å². The van der Waals surface area contributed by atoms with Crippen LogP contribution in [-0.4, -0.2) is 51.0 Å². The summed E-state index contributed by atoms with van der Waals surface area (Å²) in [6.45, 7) is 8.25. The van der Waals surface area contributed by atoms with Gasteiger partial charge in [-0.2, -0.15) is 0 Å². The van der Waals surface area contributed by atoms with Gasteiger partial charge in [0.2, 0.25) is 0 Å². The number of H-pyrrole nitrogens is 1. The summed E-state index contributed by atoms with van der Waals surface area (Å²) >= 11 is 1.69. The van der Waals surface area contributed by atoms with Gasteiger partial charge in [-0.15, -0.1) is 11.3 Å². The monoisotopic (exact) mass is 328 g/mol. The molecule has 120 valence electrons. The van der Waals surface area contributed by atoms with Gasteiger partial charge in [0.15, 0.2) is 0 Å². The minimum atomic E-state index is 0.271. The second-order valence-corrected chi connectivity index (χ2v) is 6.72. The molecule has 1 atom stereocenters. The third kappa shape index (κ3) is 2.49. The molecule has 1 aliphatic rings. The number of rotatable bonds is 3. The lowest BCUT2D eigenvalue weighted by atomic mass is 10.1. The molecule has 6 nitrogen and oxygen atoms in total. The first-order chi connectivity index (χ1) is 11.3. The van der Waals surface area contributed by atoms with Gasteiger partial charge in [-0.05, 0) is 24.4 Å². The molecule has 0 aliphatic carbocycles. The number of nitrogens with zero attached hydrogens (tertiary/aromatic N) is 5. The Kier molecular flexibility index (Phi) is 3.74. The second-order valence-electron chi connectivity index (χ2n) is 5.86. The quantitative estimate of drug-likeness (QED) is 0.801. The topological polar surface area (TPSA) is 60.9 Å². The molecular weight excluding hydrogens is 308 g/mol. The van der Waals surface area contributed by atoms with E-state index in [2.05, 4.69) is 49.0 Å². The van der Waals surface area contributed by atoms with Crippen LogP contribution in [0.15, 0.2) is 24.1 Å². The van der Waals surface area contributed by atoms with Gasteiger partial charge in [-0.1, -0.05) is 6.92 Å². The van der Waals surface area contributed by atoms with Crippen molar-refractivity contribution in [3.63, 3.8) is 0 Å². The highest BCUT2D eigenvalue weighted by atomic mass is 32.1. The van der Waals surface area contributed by atoms with E-state index < -0.39 is 0 Å². The number of imidazole rings is 1. The van der Waals surface area contributed by atoms with Crippen molar-refractivity contribution in [2.24, 2.45) is 0 Å². The second kappa shape index (κ2) is 5.90. The number of anilines is 1. The normalized spacial score (nSPS) is 19.6. The van der Waals surface area contributed by atoms with Crippen molar-refractivity contribution in [2.75, 3.05) is 31.1 Å². The minimum absolute atomic E-state index is 0.271. The molecule has 0 saturated carbocycles. The van der Waals surface area contributed by atoms with Gasteiger partial charge in [0, 0.05) is 32.0 Å². The number of hydrogen-bond acceptors (Lipinski definition) is 6. The maximum absolute atomic E-state index is 4.60. The molecule has 7 heteroatoms. The minimum Gasteiger partial charge on any atom is -0.353 e. The zero-order chi connectivity index (χ0) is 15.8. The van der Waals surface area contributed by atoms with Crippen LogP contribution in [0.1, 0.15) is 24.4 Å². The van der Waals surface area contributed by atoms with E-state index in [1.54, 1.807) is 17.7 Å². The Bertz CT molecular complexity index is 796. The Morgan fingerprint density at radius 2 is 2.22 bits per heavy atom. The number of piperazine rings is 1. The van der Waals surface area contributed by atoms with Crippen LogP contribution in [0.5, 0.6) is 0 Å². The summed E-state index contributed by atoms with van der Waals surface area (Å²) in [7, 11) is 0. The predicted octanol–water partition coefficient (Wildman–Crippen LogP) is 2.61. The Labute approximate surface area is 139 Å². The van der Waals surface area contributed by atoms with Crippen molar-refractivity contribution in [1.29, 1.82) is 0 Å². The first-order valence-electron chi connectivity index (χ1n) is 7.95. The lowest BCUT2D eigenvalue weighted by Gasteiger charge is -2.40. The highest BCUT2D eigenvalue weighted by Crippen LogP contribution is 2.33. The molecule has 3 aromatic rings. The van der Waals surface area contributed by atoms with Crippen LogP contribution >= 0.6 is 11.3 Å². The molecule has 23 heavy (non-hydrogen) atoms. The standard InChI is InChI=1S/C16H20N6S/c1-3-21-6-7-22(8-12(21)14-17-4-5-18-14)15-13-11(2)9-23-16(13)20-10-19-15/h4-5,9-10,12H,3,6-8H2,1-2H3,(H,17,18)/t12-/m1/s1. The fraction of sp³-hybridized carbons (Fsp3) is 0.438. The van der Waals surface area contributed by atoms with Crippen molar-refractivity contribution < 1.29 is 0 Å². The molecule has 4 rings (SSSR count). The number of aryl methyl sites for hydroxylation is 1. The van der Waals surface area contributed by atoms with Gasteiger partial charge in [-0.25, -0.2) is 15.0 Å². The number of fused-ring (bicyclic) bond motifs is 1. The van der Waals surface area contributed by atoms with Gasteiger partial charge in [0.05, 0.1) is 11.4 Å². The first kappa shape index (κ1) is 14.6. The Morgan fingerprint density at radius 1 is 1.30 bits per heavy atom. The van der Waals surface area contributed by atoms with Gasteiger partial charge in [0.25, 0.3) is 0 Å². The van der Waals surface area contributed by atoms with E-state index in [9.17, 15) is 0 Å². The van der Waals surface area contributed by atoms with Crippen molar-refractivity contribution >= 4 is 27.4 Å². The van der Waals surface area contributed by atoms with E-state index in [4.69, 9.17) is 0 Å². The number of likely N-dealkylation sites (N-methyl/N-ethyl adjacent to an activating group) is 1. The number of aromatic amines is 1. The summed E-state index contributed by atoms with van der Waals surface area (Å²) in [6, 6.07) is 0.271. The lowest BCUT2D eigenvalue weighted by Crippen LogP contribution is -2.49. The average molecular weight is 328 g/mol. The number of nitrogens with one attached hydrogen (secondary N) is 1. The van der Waals surface area contributed by atoms with Crippen LogP contribution in [0.4, 0.5) is 5.82 Å². The maximum Gasteiger partial charge on any atom is 0.141 e. The van der Waals surface area contributed by atoms with Gasteiger partial charge >= 0.3 is 0 Å². The average Bonchev–Trinajstić information content (AvgIpc) is 3.24. The summed E-state index contributed by atoms with van der Waals surface area (Å²) in [5.41, 5.74) is 1.26. The molecule has 1 N–H and O–H groups in total. The van der Waals surface area contributed by atoms with Crippen LogP contribution in [-0.2, 0) is 0 Å². The van der Waals surface area contributed by atoms with E-state index >= 15 is 0 Å². The molecule has 0 unspecified atom stereocenters. The highest BCUT2D eigenvalue weighted by molar-refractivity contribution is 7.17. The van der Waals surface area contributed by atoms with Gasteiger partial charge < -0.3 is 9.88 Å². The third-order valence-corrected chi connectivity index (χ3v) is 5.57. The molecule has 1 fully saturated rings. The molecule has 0 amide bonds. The lowest BCUT2D eigenvalue weighted by molar-refractivity contribution is 0.180. The van der Waals surface area contributed by atoms with E-state index in [0.717, 1.165) is 42.7 Å². The van der Waals surface area contributed by atoms with Crippen LogP contribution in [0.25, 0.3) is 10.2 Å². The van der Waals surface area contributed by atoms with Gasteiger partial charge in [0.1, 0.15) is 22.8 Å². The van der Waals surface area contributed by atoms with Gasteiger partial charge in [-0.3, -0.25) is 4.90 Å². The van der Waals surface area contributed by atoms with Crippen molar-refractivity contribution in [1.82, 2.24) is 24.8 Å². The molecule has 0 aromatic carbocycles. The summed E-state index contributed by atoms with van der Waals surface area (Å²) in [5.74, 6) is 2.09. The SMILES string of the molecule is CCN1CCN(c2ncnc3scc(C)c23)C[C@@H]1c1ncc[nH]1. The summed E-state index contributed by atoms with van der Waals surface area (Å²) in [4.78, 5) is 22.7. The van der Waals surface area contributed by atoms with E-state index in [1.807, 2.05) is 12.4 Å². The number of hydrogen-bond donors (Lipinski definition) is 1.